The van der Waals surface area contributed by atoms with Crippen LogP contribution in [0.3, 0.4) is 0 Å². The van der Waals surface area contributed by atoms with Gasteiger partial charge in [0.25, 0.3) is 5.91 Å². The van der Waals surface area contributed by atoms with Crippen LogP contribution in [0.4, 0.5) is 0 Å². The van der Waals surface area contributed by atoms with Gasteiger partial charge in [-0.15, -0.1) is 0 Å². The van der Waals surface area contributed by atoms with Gasteiger partial charge in [-0.2, -0.15) is 0 Å². The summed E-state index contributed by atoms with van der Waals surface area (Å²) in [5.41, 5.74) is 7.77. The van der Waals surface area contributed by atoms with Crippen molar-refractivity contribution in [3.05, 3.63) is 71.8 Å². The average molecular weight is 337 g/mol. The summed E-state index contributed by atoms with van der Waals surface area (Å²) >= 11 is 0. The lowest BCUT2D eigenvalue weighted by Crippen LogP contribution is -2.45. The first kappa shape index (κ1) is 17.2. The second-order valence-corrected chi connectivity index (χ2v) is 6.41. The quantitative estimate of drug-likeness (QED) is 0.870. The lowest BCUT2D eigenvalue weighted by atomic mass is 10.1. The van der Waals surface area contributed by atoms with Crippen LogP contribution in [0.2, 0.25) is 0 Å². The van der Waals surface area contributed by atoms with Crippen molar-refractivity contribution in [1.82, 2.24) is 10.2 Å². The Kier molecular flexibility index (Phi) is 5.46. The van der Waals surface area contributed by atoms with Crippen LogP contribution in [0.1, 0.15) is 22.3 Å². The molecule has 1 saturated heterocycles. The van der Waals surface area contributed by atoms with E-state index in [0.717, 1.165) is 12.0 Å². The summed E-state index contributed by atoms with van der Waals surface area (Å²) in [5.74, 6) is -0.159. The van der Waals surface area contributed by atoms with Crippen LogP contribution in [-0.4, -0.2) is 41.9 Å². The van der Waals surface area contributed by atoms with E-state index >= 15 is 0 Å². The largest absolute Gasteiger partial charge is 0.347 e. The van der Waals surface area contributed by atoms with E-state index in [1.165, 1.54) is 0 Å². The van der Waals surface area contributed by atoms with E-state index in [2.05, 4.69) is 5.32 Å². The van der Waals surface area contributed by atoms with E-state index in [0.29, 0.717) is 25.1 Å². The highest BCUT2D eigenvalue weighted by molar-refractivity contribution is 5.94. The van der Waals surface area contributed by atoms with E-state index < -0.39 is 6.04 Å². The van der Waals surface area contributed by atoms with Crippen LogP contribution in [0.25, 0.3) is 0 Å². The van der Waals surface area contributed by atoms with Crippen LogP contribution in [0, 0.1) is 0 Å². The summed E-state index contributed by atoms with van der Waals surface area (Å²) in [6.45, 7) is 1.14. The zero-order chi connectivity index (χ0) is 17.6. The molecule has 1 heterocycles. The highest BCUT2D eigenvalue weighted by Gasteiger charge is 2.30. The normalized spacial score (nSPS) is 18.0. The van der Waals surface area contributed by atoms with Gasteiger partial charge in [0.05, 0.1) is 6.04 Å². The molecule has 1 aliphatic rings. The molecule has 1 fully saturated rings. The third-order valence-corrected chi connectivity index (χ3v) is 4.49. The topological polar surface area (TPSA) is 75.4 Å². The molecule has 2 aromatic rings. The Morgan fingerprint density at radius 1 is 1.08 bits per heavy atom. The number of nitrogens with one attached hydrogen (secondary N) is 1. The maximum atomic E-state index is 12.5. The number of carbonyl (C=O) groups is 2. The molecular weight excluding hydrogens is 314 g/mol. The molecule has 5 nitrogen and oxygen atoms in total. The summed E-state index contributed by atoms with van der Waals surface area (Å²) in [5, 5.41) is 2.99. The van der Waals surface area contributed by atoms with Gasteiger partial charge in [0.2, 0.25) is 5.91 Å². The number of nitrogens with zero attached hydrogens (tertiary/aromatic N) is 1. The molecule has 5 heteroatoms. The third-order valence-electron chi connectivity index (χ3n) is 4.49. The Hall–Kier alpha value is -2.66. The van der Waals surface area contributed by atoms with Gasteiger partial charge in [0, 0.05) is 24.7 Å². The van der Waals surface area contributed by atoms with Crippen molar-refractivity contribution in [3.8, 4) is 0 Å². The minimum atomic E-state index is -0.550. The molecule has 0 bridgehead atoms. The minimum absolute atomic E-state index is 0.0272. The zero-order valence-corrected chi connectivity index (χ0v) is 14.1. The minimum Gasteiger partial charge on any atom is -0.347 e. The van der Waals surface area contributed by atoms with E-state index in [9.17, 15) is 9.59 Å². The Balaban J connectivity index is 1.51. The predicted octanol–water partition coefficient (Wildman–Crippen LogP) is 1.59. The van der Waals surface area contributed by atoms with Crippen molar-refractivity contribution in [2.45, 2.75) is 24.9 Å². The van der Waals surface area contributed by atoms with Crippen molar-refractivity contribution in [2.24, 2.45) is 5.73 Å². The maximum Gasteiger partial charge on any atom is 0.251 e. The van der Waals surface area contributed by atoms with Crippen molar-refractivity contribution in [1.29, 1.82) is 0 Å². The number of nitrogens with two attached hydrogens (primary N) is 1. The van der Waals surface area contributed by atoms with Gasteiger partial charge in [0.15, 0.2) is 0 Å². The van der Waals surface area contributed by atoms with Gasteiger partial charge in [-0.05, 0) is 30.5 Å². The molecule has 130 valence electrons. The average Bonchev–Trinajstić information content (AvgIpc) is 3.11. The maximum absolute atomic E-state index is 12.5. The number of hydrogen-bond acceptors (Lipinski definition) is 3. The molecule has 0 aliphatic carbocycles. The van der Waals surface area contributed by atoms with E-state index in [1.54, 1.807) is 17.0 Å². The van der Waals surface area contributed by atoms with Gasteiger partial charge in [0.1, 0.15) is 0 Å². The van der Waals surface area contributed by atoms with Gasteiger partial charge in [-0.3, -0.25) is 9.59 Å². The standard InChI is InChI=1S/C20H23N3O2/c21-18(13-15-7-3-1-4-8-15)20(25)23-12-11-17(14-23)22-19(24)16-9-5-2-6-10-16/h1-10,17-18H,11-14,21H2,(H,22,24). The van der Waals surface area contributed by atoms with E-state index in [1.807, 2.05) is 48.5 Å². The fourth-order valence-electron chi connectivity index (χ4n) is 3.13. The second-order valence-electron chi connectivity index (χ2n) is 6.41. The number of carbonyl (C=O) groups excluding carboxylic acids is 2. The Bertz CT molecular complexity index is 718. The van der Waals surface area contributed by atoms with E-state index in [4.69, 9.17) is 5.73 Å². The molecule has 2 aromatic carbocycles. The Labute approximate surface area is 147 Å². The zero-order valence-electron chi connectivity index (χ0n) is 14.1. The summed E-state index contributed by atoms with van der Waals surface area (Å²) in [6.07, 6.45) is 1.28. The van der Waals surface area contributed by atoms with Gasteiger partial charge in [-0.1, -0.05) is 48.5 Å². The highest BCUT2D eigenvalue weighted by Crippen LogP contribution is 2.13. The van der Waals surface area contributed by atoms with Gasteiger partial charge >= 0.3 is 0 Å². The SMILES string of the molecule is NC(Cc1ccccc1)C(=O)N1CCC(NC(=O)c2ccccc2)C1. The molecule has 2 atom stereocenters. The molecule has 0 spiro atoms. The summed E-state index contributed by atoms with van der Waals surface area (Å²) in [6, 6.07) is 18.3. The fourth-order valence-corrected chi connectivity index (χ4v) is 3.13. The van der Waals surface area contributed by atoms with Crippen LogP contribution in [-0.2, 0) is 11.2 Å². The molecule has 2 unspecified atom stereocenters. The van der Waals surface area contributed by atoms with Crippen molar-refractivity contribution >= 4 is 11.8 Å². The van der Waals surface area contributed by atoms with Gasteiger partial charge in [-0.25, -0.2) is 0 Å². The van der Waals surface area contributed by atoms with Gasteiger partial charge < -0.3 is 16.0 Å². The molecule has 0 aromatic heterocycles. The number of amides is 2. The van der Waals surface area contributed by atoms with Crippen molar-refractivity contribution in [2.75, 3.05) is 13.1 Å². The summed E-state index contributed by atoms with van der Waals surface area (Å²) < 4.78 is 0. The summed E-state index contributed by atoms with van der Waals surface area (Å²) in [4.78, 5) is 26.5. The summed E-state index contributed by atoms with van der Waals surface area (Å²) in [7, 11) is 0. The molecule has 0 saturated carbocycles. The Morgan fingerprint density at radius 2 is 1.72 bits per heavy atom. The molecule has 2 amide bonds. The lowest BCUT2D eigenvalue weighted by molar-refractivity contribution is -0.131. The smallest absolute Gasteiger partial charge is 0.251 e. The third kappa shape index (κ3) is 4.45. The van der Waals surface area contributed by atoms with Crippen LogP contribution in [0.15, 0.2) is 60.7 Å². The molecule has 0 radical (unpaired) electrons. The highest BCUT2D eigenvalue weighted by atomic mass is 16.2. The molecule has 3 rings (SSSR count). The monoisotopic (exact) mass is 337 g/mol. The molecule has 3 N–H and O–H groups in total. The Morgan fingerprint density at radius 3 is 2.40 bits per heavy atom. The first-order chi connectivity index (χ1) is 12.1. The predicted molar refractivity (Wildman–Crippen MR) is 97.0 cm³/mol. The lowest BCUT2D eigenvalue weighted by Gasteiger charge is -2.21. The molecule has 25 heavy (non-hydrogen) atoms. The van der Waals surface area contributed by atoms with Crippen LogP contribution in [0.5, 0.6) is 0 Å². The first-order valence-corrected chi connectivity index (χ1v) is 8.57. The number of likely N-dealkylation sites (tertiary alicyclic amines) is 1. The van der Waals surface area contributed by atoms with Crippen molar-refractivity contribution < 1.29 is 9.59 Å². The number of benzene rings is 2. The first-order valence-electron chi connectivity index (χ1n) is 8.57. The van der Waals surface area contributed by atoms with Crippen molar-refractivity contribution in [3.63, 3.8) is 0 Å². The molecule has 1 aliphatic heterocycles. The second kappa shape index (κ2) is 7.94. The fraction of sp³-hybridized carbons (Fsp3) is 0.300. The molecular formula is C20H23N3O2. The number of hydrogen-bond donors (Lipinski definition) is 2. The number of rotatable bonds is 5. The van der Waals surface area contributed by atoms with E-state index in [-0.39, 0.29) is 17.9 Å². The van der Waals surface area contributed by atoms with Crippen LogP contribution < -0.4 is 11.1 Å². The van der Waals surface area contributed by atoms with Crippen LogP contribution >= 0.6 is 0 Å².